The van der Waals surface area contributed by atoms with Crippen LogP contribution in [0.3, 0.4) is 0 Å². The van der Waals surface area contributed by atoms with Gasteiger partial charge in [-0.05, 0) is 87.2 Å². The molecule has 4 fully saturated rings. The molecule has 4 bridgehead atoms. The Bertz CT molecular complexity index is 556. The van der Waals surface area contributed by atoms with Crippen molar-refractivity contribution >= 4 is 5.91 Å². The summed E-state index contributed by atoms with van der Waals surface area (Å²) in [5.41, 5.74) is 2.28. The molecule has 0 unspecified atom stereocenters. The van der Waals surface area contributed by atoms with Crippen LogP contribution in [0.15, 0.2) is 24.3 Å². The van der Waals surface area contributed by atoms with Crippen LogP contribution in [-0.4, -0.2) is 11.9 Å². The molecule has 1 atom stereocenters. The van der Waals surface area contributed by atoms with Crippen molar-refractivity contribution in [3.05, 3.63) is 35.4 Å². The van der Waals surface area contributed by atoms with E-state index in [2.05, 4.69) is 12.2 Å². The Balaban J connectivity index is 1.52. The third kappa shape index (κ3) is 2.28. The number of amides is 1. The summed E-state index contributed by atoms with van der Waals surface area (Å²) < 4.78 is 0. The molecule has 0 radical (unpaired) electrons. The summed E-state index contributed by atoms with van der Waals surface area (Å²) in [7, 11) is 0. The van der Waals surface area contributed by atoms with Crippen molar-refractivity contribution in [3.8, 4) is 0 Å². The van der Waals surface area contributed by atoms with E-state index in [9.17, 15) is 4.79 Å². The maximum atomic E-state index is 12.7. The molecule has 5 rings (SSSR count). The van der Waals surface area contributed by atoms with E-state index in [0.717, 1.165) is 28.9 Å². The summed E-state index contributed by atoms with van der Waals surface area (Å²) in [4.78, 5) is 12.7. The van der Waals surface area contributed by atoms with Gasteiger partial charge in [-0.15, -0.1) is 0 Å². The summed E-state index contributed by atoms with van der Waals surface area (Å²) in [6.45, 7) is 4.27. The Morgan fingerprint density at radius 2 is 1.64 bits per heavy atom. The molecule has 22 heavy (non-hydrogen) atoms. The van der Waals surface area contributed by atoms with Crippen molar-refractivity contribution in [1.29, 1.82) is 0 Å². The maximum absolute atomic E-state index is 12.7. The van der Waals surface area contributed by atoms with Gasteiger partial charge < -0.3 is 5.32 Å². The predicted octanol–water partition coefficient (Wildman–Crippen LogP) is 4.33. The van der Waals surface area contributed by atoms with E-state index in [0.29, 0.717) is 11.5 Å². The summed E-state index contributed by atoms with van der Waals surface area (Å²) in [5, 5.41) is 3.36. The molecule has 1 aromatic rings. The van der Waals surface area contributed by atoms with Crippen LogP contribution in [0.4, 0.5) is 0 Å². The van der Waals surface area contributed by atoms with E-state index in [4.69, 9.17) is 0 Å². The van der Waals surface area contributed by atoms with E-state index >= 15 is 0 Å². The van der Waals surface area contributed by atoms with Gasteiger partial charge in [0, 0.05) is 11.6 Å². The molecule has 118 valence electrons. The molecule has 1 aromatic carbocycles. The molecule has 4 saturated carbocycles. The molecular weight excluding hydrogens is 270 g/mol. The third-order valence-electron chi connectivity index (χ3n) is 6.74. The molecule has 0 saturated heterocycles. The highest BCUT2D eigenvalue weighted by Gasteiger charge is 2.53. The van der Waals surface area contributed by atoms with Crippen LogP contribution >= 0.6 is 0 Å². The number of aryl methyl sites for hydroxylation is 1. The van der Waals surface area contributed by atoms with Crippen molar-refractivity contribution in [2.24, 2.45) is 23.2 Å². The highest BCUT2D eigenvalue weighted by Crippen LogP contribution is 2.61. The molecule has 2 nitrogen and oxygen atoms in total. The topological polar surface area (TPSA) is 29.1 Å². The zero-order valence-corrected chi connectivity index (χ0v) is 13.8. The van der Waals surface area contributed by atoms with Gasteiger partial charge in [-0.25, -0.2) is 0 Å². The van der Waals surface area contributed by atoms with Gasteiger partial charge in [0.05, 0.1) is 0 Å². The summed E-state index contributed by atoms with van der Waals surface area (Å²) in [5.74, 6) is 2.92. The Kier molecular flexibility index (Phi) is 3.32. The molecule has 1 N–H and O–H groups in total. The first-order valence-corrected chi connectivity index (χ1v) is 8.92. The first-order chi connectivity index (χ1) is 10.6. The zero-order valence-electron chi connectivity index (χ0n) is 13.8. The van der Waals surface area contributed by atoms with E-state index in [1.165, 1.54) is 38.5 Å². The van der Waals surface area contributed by atoms with Crippen LogP contribution in [0.5, 0.6) is 0 Å². The van der Waals surface area contributed by atoms with Crippen LogP contribution in [0, 0.1) is 30.1 Å². The first-order valence-electron chi connectivity index (χ1n) is 8.92. The fourth-order valence-electron chi connectivity index (χ4n) is 5.96. The highest BCUT2D eigenvalue weighted by atomic mass is 16.1. The van der Waals surface area contributed by atoms with E-state index in [1.807, 2.05) is 31.2 Å². The second kappa shape index (κ2) is 5.11. The van der Waals surface area contributed by atoms with Crippen LogP contribution in [0.2, 0.25) is 0 Å². The number of nitrogens with one attached hydrogen (secondary N) is 1. The fourth-order valence-corrected chi connectivity index (χ4v) is 5.96. The fraction of sp³-hybridized carbons (Fsp3) is 0.650. The monoisotopic (exact) mass is 297 g/mol. The van der Waals surface area contributed by atoms with Gasteiger partial charge >= 0.3 is 0 Å². The van der Waals surface area contributed by atoms with E-state index in [1.54, 1.807) is 0 Å². The lowest BCUT2D eigenvalue weighted by molar-refractivity contribution is -0.0688. The second-order valence-electron chi connectivity index (χ2n) is 8.29. The van der Waals surface area contributed by atoms with Crippen molar-refractivity contribution in [3.63, 3.8) is 0 Å². The standard InChI is InChI=1S/C20H27NO/c1-13-5-3-4-6-18(13)19(22)21-14(2)20-10-15-7-16(11-20)9-17(8-15)12-20/h3-6,14-17H,7-12H2,1-2H3,(H,21,22)/t14-,15?,16?,17?,20?/m0/s1. The Morgan fingerprint density at radius 3 is 2.18 bits per heavy atom. The molecule has 4 aliphatic carbocycles. The summed E-state index contributed by atoms with van der Waals surface area (Å²) >= 11 is 0. The lowest BCUT2D eigenvalue weighted by Gasteiger charge is -2.59. The highest BCUT2D eigenvalue weighted by molar-refractivity contribution is 5.95. The van der Waals surface area contributed by atoms with Gasteiger partial charge in [-0.2, -0.15) is 0 Å². The number of hydrogen-bond donors (Lipinski definition) is 1. The molecular formula is C20H27NO. The van der Waals surface area contributed by atoms with Crippen molar-refractivity contribution < 1.29 is 4.79 Å². The minimum atomic E-state index is 0.112. The van der Waals surface area contributed by atoms with Crippen LogP contribution in [0.1, 0.15) is 61.4 Å². The number of benzene rings is 1. The molecule has 0 aliphatic heterocycles. The van der Waals surface area contributed by atoms with E-state index in [-0.39, 0.29) is 5.91 Å². The quantitative estimate of drug-likeness (QED) is 0.884. The lowest BCUT2D eigenvalue weighted by Crippen LogP contribution is -2.55. The maximum Gasteiger partial charge on any atom is 0.251 e. The zero-order chi connectivity index (χ0) is 15.3. The average Bonchev–Trinajstić information content (AvgIpc) is 2.46. The third-order valence-corrected chi connectivity index (χ3v) is 6.74. The number of carbonyl (C=O) groups is 1. The Labute approximate surface area is 133 Å². The minimum absolute atomic E-state index is 0.112. The van der Waals surface area contributed by atoms with Crippen molar-refractivity contribution in [1.82, 2.24) is 5.32 Å². The van der Waals surface area contributed by atoms with E-state index < -0.39 is 0 Å². The Morgan fingerprint density at radius 1 is 1.09 bits per heavy atom. The first kappa shape index (κ1) is 14.3. The molecule has 2 heteroatoms. The molecule has 4 aliphatic rings. The van der Waals surface area contributed by atoms with Gasteiger partial charge in [-0.1, -0.05) is 18.2 Å². The largest absolute Gasteiger partial charge is 0.349 e. The molecule has 0 aromatic heterocycles. The summed E-state index contributed by atoms with van der Waals surface area (Å²) in [6, 6.07) is 8.21. The van der Waals surface area contributed by atoms with Gasteiger partial charge in [0.15, 0.2) is 0 Å². The predicted molar refractivity (Wildman–Crippen MR) is 88.7 cm³/mol. The van der Waals surface area contributed by atoms with Crippen LogP contribution < -0.4 is 5.32 Å². The normalized spacial score (nSPS) is 37.1. The minimum Gasteiger partial charge on any atom is -0.349 e. The SMILES string of the molecule is Cc1ccccc1C(=O)N[C@@H](C)C12CC3CC(CC(C3)C1)C2. The van der Waals surface area contributed by atoms with Gasteiger partial charge in [0.2, 0.25) is 0 Å². The lowest BCUT2D eigenvalue weighted by atomic mass is 9.48. The van der Waals surface area contributed by atoms with Crippen molar-refractivity contribution in [2.75, 3.05) is 0 Å². The molecule has 1 amide bonds. The second-order valence-corrected chi connectivity index (χ2v) is 8.29. The number of hydrogen-bond acceptors (Lipinski definition) is 1. The molecule has 0 spiro atoms. The smallest absolute Gasteiger partial charge is 0.251 e. The van der Waals surface area contributed by atoms with Crippen LogP contribution in [0.25, 0.3) is 0 Å². The number of rotatable bonds is 3. The Hall–Kier alpha value is -1.31. The average molecular weight is 297 g/mol. The summed E-state index contributed by atoms with van der Waals surface area (Å²) in [6.07, 6.45) is 8.39. The van der Waals surface area contributed by atoms with Gasteiger partial charge in [-0.3, -0.25) is 4.79 Å². The van der Waals surface area contributed by atoms with Crippen molar-refractivity contribution in [2.45, 2.75) is 58.4 Å². The van der Waals surface area contributed by atoms with Gasteiger partial charge in [0.1, 0.15) is 0 Å². The molecule has 0 heterocycles. The van der Waals surface area contributed by atoms with Crippen LogP contribution in [-0.2, 0) is 0 Å². The number of carbonyl (C=O) groups excluding carboxylic acids is 1. The van der Waals surface area contributed by atoms with Gasteiger partial charge in [0.25, 0.3) is 5.91 Å².